The standard InChI is InChI=1S/C17H21N3O3/c21-10-12-1-3-13(4-2-12)19-17(23)15-9-14(5-6-16(15)22)20-8-7-18-11-20/h5-9,11-13,21-22H,1-4,10H2,(H,19,23). The van der Waals surface area contributed by atoms with Crippen LogP contribution in [0.1, 0.15) is 36.0 Å². The van der Waals surface area contributed by atoms with Crippen molar-refractivity contribution in [2.75, 3.05) is 6.61 Å². The average Bonchev–Trinajstić information content (AvgIpc) is 3.10. The summed E-state index contributed by atoms with van der Waals surface area (Å²) in [6, 6.07) is 5.01. The summed E-state index contributed by atoms with van der Waals surface area (Å²) in [5, 5.41) is 22.1. The van der Waals surface area contributed by atoms with E-state index in [-0.39, 0.29) is 29.9 Å². The van der Waals surface area contributed by atoms with Gasteiger partial charge >= 0.3 is 0 Å². The number of imidazole rings is 1. The Labute approximate surface area is 134 Å². The molecule has 1 amide bonds. The topological polar surface area (TPSA) is 87.4 Å². The maximum absolute atomic E-state index is 12.5. The molecule has 1 saturated carbocycles. The van der Waals surface area contributed by atoms with Crippen molar-refractivity contribution in [3.05, 3.63) is 42.5 Å². The van der Waals surface area contributed by atoms with Crippen LogP contribution in [0, 0.1) is 5.92 Å². The number of hydrogen-bond acceptors (Lipinski definition) is 4. The molecule has 0 radical (unpaired) electrons. The molecule has 6 nitrogen and oxygen atoms in total. The zero-order valence-electron chi connectivity index (χ0n) is 12.9. The van der Waals surface area contributed by atoms with Gasteiger partial charge in [0.05, 0.1) is 11.9 Å². The number of aromatic hydroxyl groups is 1. The Hall–Kier alpha value is -2.34. The van der Waals surface area contributed by atoms with Crippen LogP contribution in [0.25, 0.3) is 5.69 Å². The van der Waals surface area contributed by atoms with Crippen LogP contribution < -0.4 is 5.32 Å². The number of carbonyl (C=O) groups is 1. The summed E-state index contributed by atoms with van der Waals surface area (Å²) in [5.74, 6) is 0.0495. The second kappa shape index (κ2) is 6.83. The first-order valence-corrected chi connectivity index (χ1v) is 7.90. The maximum Gasteiger partial charge on any atom is 0.255 e. The summed E-state index contributed by atoms with van der Waals surface area (Å²) < 4.78 is 1.78. The minimum Gasteiger partial charge on any atom is -0.507 e. The van der Waals surface area contributed by atoms with E-state index in [1.807, 2.05) is 0 Å². The van der Waals surface area contributed by atoms with Crippen molar-refractivity contribution < 1.29 is 15.0 Å². The normalized spacial score (nSPS) is 21.1. The van der Waals surface area contributed by atoms with Gasteiger partial charge in [0.1, 0.15) is 5.75 Å². The van der Waals surface area contributed by atoms with Gasteiger partial charge in [-0.05, 0) is 49.8 Å². The number of aliphatic hydroxyl groups is 1. The molecule has 1 heterocycles. The Morgan fingerprint density at radius 1 is 1.30 bits per heavy atom. The Morgan fingerprint density at radius 3 is 2.74 bits per heavy atom. The number of hydrogen-bond donors (Lipinski definition) is 3. The van der Waals surface area contributed by atoms with Gasteiger partial charge in [0, 0.05) is 30.7 Å². The highest BCUT2D eigenvalue weighted by molar-refractivity contribution is 5.97. The van der Waals surface area contributed by atoms with Crippen molar-refractivity contribution in [2.24, 2.45) is 5.92 Å². The number of phenolic OH excluding ortho intramolecular Hbond substituents is 1. The molecule has 1 aliphatic carbocycles. The monoisotopic (exact) mass is 315 g/mol. The molecule has 0 aliphatic heterocycles. The highest BCUT2D eigenvalue weighted by Gasteiger charge is 2.23. The highest BCUT2D eigenvalue weighted by Crippen LogP contribution is 2.25. The minimum atomic E-state index is -0.267. The van der Waals surface area contributed by atoms with Gasteiger partial charge in [-0.25, -0.2) is 4.98 Å². The number of phenols is 1. The first-order chi connectivity index (χ1) is 11.2. The number of nitrogens with one attached hydrogen (secondary N) is 1. The van der Waals surface area contributed by atoms with Gasteiger partial charge in [0.15, 0.2) is 0 Å². The van der Waals surface area contributed by atoms with Crippen molar-refractivity contribution in [3.63, 3.8) is 0 Å². The Balaban J connectivity index is 1.71. The Morgan fingerprint density at radius 2 is 2.09 bits per heavy atom. The van der Waals surface area contributed by atoms with Gasteiger partial charge in [0.2, 0.25) is 0 Å². The third kappa shape index (κ3) is 3.53. The van der Waals surface area contributed by atoms with Gasteiger partial charge in [-0.3, -0.25) is 4.79 Å². The third-order valence-electron chi connectivity index (χ3n) is 4.47. The fourth-order valence-electron chi connectivity index (χ4n) is 3.03. The number of aliphatic hydroxyl groups excluding tert-OH is 1. The largest absolute Gasteiger partial charge is 0.507 e. The highest BCUT2D eigenvalue weighted by atomic mass is 16.3. The van der Waals surface area contributed by atoms with Gasteiger partial charge in [-0.1, -0.05) is 0 Å². The van der Waals surface area contributed by atoms with E-state index >= 15 is 0 Å². The van der Waals surface area contributed by atoms with Crippen molar-refractivity contribution in [1.29, 1.82) is 0 Å². The fraction of sp³-hybridized carbons (Fsp3) is 0.412. The van der Waals surface area contributed by atoms with Crippen LogP contribution in [0.5, 0.6) is 5.75 Å². The van der Waals surface area contributed by atoms with Crippen LogP contribution in [-0.2, 0) is 0 Å². The number of nitrogens with zero attached hydrogens (tertiary/aromatic N) is 2. The second-order valence-electron chi connectivity index (χ2n) is 6.05. The molecule has 0 saturated heterocycles. The number of amides is 1. The smallest absolute Gasteiger partial charge is 0.255 e. The van der Waals surface area contributed by atoms with E-state index < -0.39 is 0 Å². The van der Waals surface area contributed by atoms with E-state index in [2.05, 4.69) is 10.3 Å². The van der Waals surface area contributed by atoms with Crippen molar-refractivity contribution >= 4 is 5.91 Å². The zero-order valence-corrected chi connectivity index (χ0v) is 12.9. The average molecular weight is 315 g/mol. The first-order valence-electron chi connectivity index (χ1n) is 7.90. The molecular weight excluding hydrogens is 294 g/mol. The first kappa shape index (κ1) is 15.6. The summed E-state index contributed by atoms with van der Waals surface area (Å²) in [7, 11) is 0. The molecule has 3 N–H and O–H groups in total. The molecule has 1 aromatic carbocycles. The lowest BCUT2D eigenvalue weighted by atomic mass is 9.86. The molecule has 122 valence electrons. The van der Waals surface area contributed by atoms with Crippen molar-refractivity contribution in [1.82, 2.24) is 14.9 Å². The van der Waals surface area contributed by atoms with Crippen LogP contribution in [0.4, 0.5) is 0 Å². The predicted octanol–water partition coefficient (Wildman–Crippen LogP) is 1.86. The number of aromatic nitrogens is 2. The van der Waals surface area contributed by atoms with Gasteiger partial charge in [0.25, 0.3) is 5.91 Å². The predicted molar refractivity (Wildman–Crippen MR) is 85.5 cm³/mol. The molecular formula is C17H21N3O3. The zero-order chi connectivity index (χ0) is 16.2. The summed E-state index contributed by atoms with van der Waals surface area (Å²) in [5.41, 5.74) is 1.04. The summed E-state index contributed by atoms with van der Waals surface area (Å²) in [4.78, 5) is 16.4. The molecule has 0 atom stereocenters. The minimum absolute atomic E-state index is 0.0320. The van der Waals surface area contributed by atoms with Crippen LogP contribution >= 0.6 is 0 Å². The number of benzene rings is 1. The number of carbonyl (C=O) groups excluding carboxylic acids is 1. The van der Waals surface area contributed by atoms with E-state index in [1.54, 1.807) is 35.4 Å². The summed E-state index contributed by atoms with van der Waals surface area (Å²) in [6.45, 7) is 0.217. The molecule has 3 rings (SSSR count). The van der Waals surface area contributed by atoms with E-state index in [0.29, 0.717) is 5.92 Å². The quantitative estimate of drug-likeness (QED) is 0.803. The molecule has 1 fully saturated rings. The molecule has 0 spiro atoms. The van der Waals surface area contributed by atoms with Crippen LogP contribution in [0.2, 0.25) is 0 Å². The van der Waals surface area contributed by atoms with Crippen LogP contribution in [0.15, 0.2) is 36.9 Å². The number of rotatable bonds is 4. The SMILES string of the molecule is O=C(NC1CCC(CO)CC1)c1cc(-n2ccnc2)ccc1O. The molecule has 1 aliphatic rings. The third-order valence-corrected chi connectivity index (χ3v) is 4.47. The summed E-state index contributed by atoms with van der Waals surface area (Å²) in [6.07, 6.45) is 8.64. The van der Waals surface area contributed by atoms with E-state index in [1.165, 1.54) is 6.07 Å². The fourth-order valence-corrected chi connectivity index (χ4v) is 3.03. The molecule has 6 heteroatoms. The van der Waals surface area contributed by atoms with Gasteiger partial charge < -0.3 is 20.1 Å². The van der Waals surface area contributed by atoms with E-state index in [9.17, 15) is 9.90 Å². The van der Waals surface area contributed by atoms with Crippen LogP contribution in [0.3, 0.4) is 0 Å². The van der Waals surface area contributed by atoms with Gasteiger partial charge in [-0.2, -0.15) is 0 Å². The van der Waals surface area contributed by atoms with Crippen molar-refractivity contribution in [2.45, 2.75) is 31.7 Å². The lowest BCUT2D eigenvalue weighted by Crippen LogP contribution is -2.38. The van der Waals surface area contributed by atoms with E-state index in [0.717, 1.165) is 31.4 Å². The van der Waals surface area contributed by atoms with E-state index in [4.69, 9.17) is 5.11 Å². The molecule has 1 aromatic heterocycles. The molecule has 0 unspecified atom stereocenters. The Kier molecular flexibility index (Phi) is 4.62. The Bertz CT molecular complexity index is 662. The van der Waals surface area contributed by atoms with Gasteiger partial charge in [-0.15, -0.1) is 0 Å². The van der Waals surface area contributed by atoms with Crippen LogP contribution in [-0.4, -0.2) is 38.3 Å². The lowest BCUT2D eigenvalue weighted by Gasteiger charge is -2.28. The molecule has 2 aromatic rings. The maximum atomic E-state index is 12.5. The lowest BCUT2D eigenvalue weighted by molar-refractivity contribution is 0.0911. The second-order valence-corrected chi connectivity index (χ2v) is 6.05. The van der Waals surface area contributed by atoms with Crippen molar-refractivity contribution in [3.8, 4) is 11.4 Å². The molecule has 23 heavy (non-hydrogen) atoms. The molecule has 0 bridgehead atoms. The summed E-state index contributed by atoms with van der Waals surface area (Å²) >= 11 is 0.